The molecule has 61 heavy (non-hydrogen) atoms. The number of nitrogen functional groups attached to an aromatic ring is 2. The van der Waals surface area contributed by atoms with E-state index in [2.05, 4.69) is 39.9 Å². The highest BCUT2D eigenvalue weighted by atomic mass is 32.7. The van der Waals surface area contributed by atoms with E-state index < -0.39 is 88.2 Å². The van der Waals surface area contributed by atoms with Gasteiger partial charge in [-0.15, -0.1) is 0 Å². The first kappa shape index (κ1) is 42.7. The maximum absolute atomic E-state index is 16.7. The zero-order valence-electron chi connectivity index (χ0n) is 31.2. The Hall–Kier alpha value is -5.01. The minimum absolute atomic E-state index is 0.00335. The Morgan fingerprint density at radius 2 is 1.64 bits per heavy atom. The SMILES string of the molecule is [B]P1(=O)OC[C@H]2O[C@@H](n3cnc4c(N)ncnc43)[C@H](F)[C@@H]2O[P@@](=O)(SCc2ccc(OC(=O)CCCN=[N+]=[N-])cc2)OC[C@H]2O[C@@H](n3cnc4c(=O)[nH]c(N)nc43)[C@H](F)[C@@H]2O1. The number of alkyl halides is 2. The average Bonchev–Trinajstić information content (AvgIpc) is 3.99. The summed E-state index contributed by atoms with van der Waals surface area (Å²) in [5, 5.41) is 3.38. The van der Waals surface area contributed by atoms with Gasteiger partial charge in [0.2, 0.25) is 13.5 Å². The molecule has 3 saturated heterocycles. The van der Waals surface area contributed by atoms with E-state index in [1.54, 1.807) is 12.1 Å². The molecule has 10 atom stereocenters. The standard InChI is InChI=1S/C31H32BF2N13O11P2S/c32-59(50)52-8-16-24(20(34)29(55-16)46-12-40-21-25(35)38-11-39-26(21)46)58-60(51,61-10-14-3-5-15(6-4-14)54-18(48)2-1-7-42-45-37)53-9-17-23(57-59)19(33)30(56-17)47-13-41-22-27(47)43-31(36)44-28(22)49/h3-6,11-13,16-17,19-20,23-24,29-30H,1-2,7-10H2,(H2,35,38,39)(H3,36,43,44,49)/t16-,17-,19-,20-,23-,24-,29-,30-,59?,60+/m1/s1. The summed E-state index contributed by atoms with van der Waals surface area (Å²) in [6.45, 7) is -6.02. The lowest BCUT2D eigenvalue weighted by Crippen LogP contribution is -2.37. The van der Waals surface area contributed by atoms with Gasteiger partial charge >= 0.3 is 12.8 Å². The lowest BCUT2D eigenvalue weighted by Gasteiger charge is -2.30. The molecule has 1 unspecified atom stereocenters. The largest absolute Gasteiger partial charge is 0.427 e. The lowest BCUT2D eigenvalue weighted by atomic mass is 10.1. The fourth-order valence-corrected chi connectivity index (χ4v) is 11.1. The van der Waals surface area contributed by atoms with Crippen LogP contribution in [0.2, 0.25) is 0 Å². The molecule has 24 nitrogen and oxygen atoms in total. The predicted molar refractivity (Wildman–Crippen MR) is 209 cm³/mol. The zero-order valence-corrected chi connectivity index (χ0v) is 33.8. The Labute approximate surface area is 346 Å². The molecule has 4 aromatic heterocycles. The van der Waals surface area contributed by atoms with Gasteiger partial charge in [-0.3, -0.25) is 37.3 Å². The second-order valence-corrected chi connectivity index (χ2v) is 19.1. The van der Waals surface area contributed by atoms with E-state index in [0.717, 1.165) is 17.2 Å². The summed E-state index contributed by atoms with van der Waals surface area (Å²) in [4.78, 5) is 49.8. The van der Waals surface area contributed by atoms with Crippen LogP contribution in [0.25, 0.3) is 32.8 Å². The van der Waals surface area contributed by atoms with Crippen LogP contribution in [0.5, 0.6) is 5.75 Å². The molecule has 7 heterocycles. The van der Waals surface area contributed by atoms with Gasteiger partial charge in [-0.25, -0.2) is 33.3 Å². The Kier molecular flexibility index (Phi) is 12.2. The fraction of sp³-hybridized carbons (Fsp3) is 0.452. The van der Waals surface area contributed by atoms with Gasteiger partial charge in [-0.1, -0.05) is 17.2 Å². The molecule has 5 N–H and O–H groups in total. The number of aromatic nitrogens is 8. The molecule has 2 radical (unpaired) electrons. The van der Waals surface area contributed by atoms with Gasteiger partial charge in [0.25, 0.3) is 13.0 Å². The van der Waals surface area contributed by atoms with Crippen LogP contribution in [0.4, 0.5) is 20.5 Å². The van der Waals surface area contributed by atoms with Crippen LogP contribution < -0.4 is 21.8 Å². The number of carbonyl (C=O) groups is 1. The van der Waals surface area contributed by atoms with Gasteiger partial charge in [0.1, 0.15) is 42.0 Å². The number of hydrogen-bond acceptors (Lipinski definition) is 20. The van der Waals surface area contributed by atoms with Crippen LogP contribution in [0.15, 0.2) is 53.2 Å². The van der Waals surface area contributed by atoms with Gasteiger partial charge < -0.3 is 34.7 Å². The molecule has 320 valence electrons. The number of halogens is 2. The van der Waals surface area contributed by atoms with Crippen LogP contribution in [0, 0.1) is 0 Å². The number of azide groups is 1. The van der Waals surface area contributed by atoms with Crippen molar-refractivity contribution in [3.63, 3.8) is 0 Å². The highest BCUT2D eigenvalue weighted by molar-refractivity contribution is 8.54. The number of imidazole rings is 2. The van der Waals surface area contributed by atoms with Gasteiger partial charge in [0.05, 0.1) is 25.9 Å². The maximum Gasteiger partial charge on any atom is 0.389 e. The van der Waals surface area contributed by atoms with Crippen molar-refractivity contribution in [2.45, 2.75) is 67.8 Å². The van der Waals surface area contributed by atoms with Crippen molar-refractivity contribution in [3.05, 3.63) is 69.6 Å². The maximum atomic E-state index is 16.7. The molecule has 3 aliphatic rings. The lowest BCUT2D eigenvalue weighted by molar-refractivity contribution is -0.134. The van der Waals surface area contributed by atoms with Crippen molar-refractivity contribution in [1.29, 1.82) is 0 Å². The van der Waals surface area contributed by atoms with Crippen LogP contribution in [-0.2, 0) is 47.2 Å². The first-order valence-electron chi connectivity index (χ1n) is 18.1. The molecule has 3 aliphatic heterocycles. The number of ether oxygens (including phenoxy) is 3. The van der Waals surface area contributed by atoms with Crippen molar-refractivity contribution in [2.24, 2.45) is 5.11 Å². The van der Waals surface area contributed by atoms with E-state index in [0.29, 0.717) is 23.4 Å². The van der Waals surface area contributed by atoms with Crippen molar-refractivity contribution >= 4 is 73.3 Å². The van der Waals surface area contributed by atoms with Crippen molar-refractivity contribution in [2.75, 3.05) is 31.2 Å². The highest BCUT2D eigenvalue weighted by Crippen LogP contribution is 2.65. The van der Waals surface area contributed by atoms with E-state index in [1.165, 1.54) is 23.0 Å². The van der Waals surface area contributed by atoms with Crippen molar-refractivity contribution in [1.82, 2.24) is 39.0 Å². The minimum atomic E-state index is -4.74. The number of nitrogens with one attached hydrogen (secondary N) is 1. The molecule has 3 fully saturated rings. The smallest absolute Gasteiger partial charge is 0.389 e. The topological polar surface area (TPSA) is 324 Å². The number of benzene rings is 1. The van der Waals surface area contributed by atoms with Gasteiger partial charge in [0, 0.05) is 23.6 Å². The first-order valence-corrected chi connectivity index (χ1v) is 22.8. The summed E-state index contributed by atoms with van der Waals surface area (Å²) < 4.78 is 104. The van der Waals surface area contributed by atoms with Gasteiger partial charge in [0.15, 0.2) is 47.4 Å². The van der Waals surface area contributed by atoms with E-state index in [9.17, 15) is 18.7 Å². The third-order valence-electron chi connectivity index (χ3n) is 9.50. The number of fused-ring (bicyclic) bond motifs is 4. The molecule has 0 saturated carbocycles. The molecular formula is C31H32BF2N13O11P2S. The zero-order chi connectivity index (χ0) is 43.1. The van der Waals surface area contributed by atoms with Crippen LogP contribution in [0.3, 0.4) is 0 Å². The second-order valence-electron chi connectivity index (χ2n) is 13.5. The number of hydrogen-bond donors (Lipinski definition) is 3. The Morgan fingerprint density at radius 1 is 0.984 bits per heavy atom. The highest BCUT2D eigenvalue weighted by Gasteiger charge is 2.54. The summed E-state index contributed by atoms with van der Waals surface area (Å²) in [6.07, 6.45) is -10.5. The number of nitrogens with zero attached hydrogens (tertiary/aromatic N) is 10. The van der Waals surface area contributed by atoms with Gasteiger partial charge in [-0.05, 0) is 41.0 Å². The van der Waals surface area contributed by atoms with Gasteiger partial charge in [-0.2, -0.15) is 4.98 Å². The van der Waals surface area contributed by atoms with Crippen LogP contribution >= 0.6 is 25.7 Å². The molecule has 0 aliphatic carbocycles. The summed E-state index contributed by atoms with van der Waals surface area (Å²) >= 11 is 0.629. The first-order chi connectivity index (χ1) is 29.2. The summed E-state index contributed by atoms with van der Waals surface area (Å²) in [7, 11) is 1.22. The normalized spacial score (nSPS) is 30.5. The number of carbonyl (C=O) groups excluding carboxylic acids is 1. The number of anilines is 2. The summed E-state index contributed by atoms with van der Waals surface area (Å²) in [5.74, 6) is -0.739. The molecule has 0 bridgehead atoms. The average molecular weight is 905 g/mol. The monoisotopic (exact) mass is 905 g/mol. The number of rotatable bonds is 10. The number of H-pyrrole nitrogens is 1. The Bertz CT molecular complexity index is 2660. The Morgan fingerprint density at radius 3 is 2.34 bits per heavy atom. The third kappa shape index (κ3) is 9.00. The minimum Gasteiger partial charge on any atom is -0.427 e. The molecule has 1 aromatic carbocycles. The molecule has 5 aromatic rings. The molecule has 0 spiro atoms. The fourth-order valence-electron chi connectivity index (χ4n) is 6.66. The van der Waals surface area contributed by atoms with E-state index in [1.807, 2.05) is 0 Å². The predicted octanol–water partition coefficient (Wildman–Crippen LogP) is 3.73. The number of aromatic amines is 1. The molecule has 30 heteroatoms. The summed E-state index contributed by atoms with van der Waals surface area (Å²) in [6, 6.07) is 6.12. The summed E-state index contributed by atoms with van der Waals surface area (Å²) in [5.41, 5.74) is 19.7. The number of nitrogens with two attached hydrogens (primary N) is 2. The van der Waals surface area contributed by atoms with E-state index in [4.69, 9.17) is 56.9 Å². The van der Waals surface area contributed by atoms with E-state index in [-0.39, 0.29) is 58.6 Å². The van der Waals surface area contributed by atoms with Crippen molar-refractivity contribution < 1.29 is 55.0 Å². The molecule has 8 rings (SSSR count). The third-order valence-corrected chi connectivity index (χ3v) is 14.2. The van der Waals surface area contributed by atoms with Crippen LogP contribution in [0.1, 0.15) is 30.9 Å². The van der Waals surface area contributed by atoms with E-state index >= 15 is 8.78 Å². The van der Waals surface area contributed by atoms with Crippen molar-refractivity contribution in [3.8, 4) is 5.75 Å². The molecular weight excluding hydrogens is 873 g/mol. The quantitative estimate of drug-likeness (QED) is 0.0263. The molecule has 0 amide bonds. The Balaban J connectivity index is 1.07. The second kappa shape index (κ2) is 17.4. The van der Waals surface area contributed by atoms with Crippen LogP contribution in [-0.4, -0.2) is 109 Å². The number of esters is 1.